The summed E-state index contributed by atoms with van der Waals surface area (Å²) in [6.07, 6.45) is 0.927. The van der Waals surface area contributed by atoms with Crippen LogP contribution in [0.3, 0.4) is 0 Å². The molecule has 18 heavy (non-hydrogen) atoms. The van der Waals surface area contributed by atoms with Crippen LogP contribution >= 0.6 is 0 Å². The Hall–Kier alpha value is -1.51. The van der Waals surface area contributed by atoms with E-state index < -0.39 is 5.97 Å². The molecule has 0 aliphatic rings. The molecule has 2 atom stereocenters. The van der Waals surface area contributed by atoms with E-state index >= 15 is 0 Å². The van der Waals surface area contributed by atoms with E-state index in [1.54, 1.807) is 6.92 Å². The molecule has 1 rings (SSSR count). The predicted octanol–water partition coefficient (Wildman–Crippen LogP) is 3.69. The van der Waals surface area contributed by atoms with Crippen LogP contribution in [-0.2, 0) is 4.79 Å². The molecule has 0 fully saturated rings. The molecule has 0 saturated heterocycles. The number of rotatable bonds is 6. The third kappa shape index (κ3) is 3.76. The number of carboxylic acid groups (broad SMARTS) is 1. The lowest BCUT2D eigenvalue weighted by Crippen LogP contribution is -2.18. The second-order valence-corrected chi connectivity index (χ2v) is 4.88. The molecule has 0 spiro atoms. The van der Waals surface area contributed by atoms with Gasteiger partial charge in [0.05, 0.1) is 12.0 Å². The third-order valence-electron chi connectivity index (χ3n) is 3.09. The Balaban J connectivity index is 2.96. The summed E-state index contributed by atoms with van der Waals surface area (Å²) in [4.78, 5) is 11.1. The Bertz CT molecular complexity index is 398. The summed E-state index contributed by atoms with van der Waals surface area (Å²) in [6.45, 7) is 7.72. The van der Waals surface area contributed by atoms with Gasteiger partial charge >= 0.3 is 5.97 Å². The van der Waals surface area contributed by atoms with Crippen LogP contribution in [0, 0.1) is 5.92 Å². The highest BCUT2D eigenvalue weighted by molar-refractivity contribution is 5.71. The lowest BCUT2D eigenvalue weighted by molar-refractivity contribution is -0.141. The first-order valence-corrected chi connectivity index (χ1v) is 6.45. The molecular formula is C15H22O3. The van der Waals surface area contributed by atoms with Gasteiger partial charge in [-0.3, -0.25) is 4.79 Å². The molecule has 0 unspecified atom stereocenters. The van der Waals surface area contributed by atoms with Gasteiger partial charge in [0.15, 0.2) is 0 Å². The molecular weight excluding hydrogens is 228 g/mol. The van der Waals surface area contributed by atoms with E-state index in [0.717, 1.165) is 17.7 Å². The van der Waals surface area contributed by atoms with Crippen molar-refractivity contribution in [2.45, 2.75) is 46.1 Å². The molecule has 0 aliphatic carbocycles. The number of benzene rings is 1. The smallest absolute Gasteiger partial charge is 0.306 e. The van der Waals surface area contributed by atoms with E-state index in [1.165, 1.54) is 0 Å². The van der Waals surface area contributed by atoms with Gasteiger partial charge in [-0.1, -0.05) is 26.0 Å². The van der Waals surface area contributed by atoms with Gasteiger partial charge in [-0.05, 0) is 43.9 Å². The lowest BCUT2D eigenvalue weighted by Gasteiger charge is -2.20. The Labute approximate surface area is 109 Å². The van der Waals surface area contributed by atoms with Gasteiger partial charge in [0.2, 0.25) is 0 Å². The van der Waals surface area contributed by atoms with Gasteiger partial charge in [0, 0.05) is 0 Å². The van der Waals surface area contributed by atoms with Gasteiger partial charge in [-0.25, -0.2) is 0 Å². The van der Waals surface area contributed by atoms with Crippen molar-refractivity contribution in [1.82, 2.24) is 0 Å². The first-order chi connectivity index (χ1) is 8.45. The fourth-order valence-corrected chi connectivity index (χ4v) is 2.14. The molecule has 3 heteroatoms. The minimum atomic E-state index is -0.753. The van der Waals surface area contributed by atoms with E-state index in [9.17, 15) is 4.79 Å². The summed E-state index contributed by atoms with van der Waals surface area (Å²) >= 11 is 0. The van der Waals surface area contributed by atoms with Crippen LogP contribution in [0.4, 0.5) is 0 Å². The summed E-state index contributed by atoms with van der Waals surface area (Å²) in [5, 5.41) is 9.13. The topological polar surface area (TPSA) is 46.5 Å². The summed E-state index contributed by atoms with van der Waals surface area (Å²) < 4.78 is 5.64. The van der Waals surface area contributed by atoms with E-state index in [-0.39, 0.29) is 17.9 Å². The normalized spacial score (nSPS) is 14.3. The van der Waals surface area contributed by atoms with Crippen LogP contribution < -0.4 is 4.74 Å². The maximum atomic E-state index is 11.1. The maximum absolute atomic E-state index is 11.1. The molecule has 0 aliphatic heterocycles. The molecule has 0 amide bonds. The molecule has 1 aromatic carbocycles. The van der Waals surface area contributed by atoms with Crippen LogP contribution in [0.15, 0.2) is 24.3 Å². The molecule has 0 bridgehead atoms. The lowest BCUT2D eigenvalue weighted by atomic mass is 9.85. The first kappa shape index (κ1) is 14.6. The first-order valence-electron chi connectivity index (χ1n) is 6.45. The fourth-order valence-electron chi connectivity index (χ4n) is 2.14. The molecule has 0 saturated carbocycles. The molecule has 1 aromatic rings. The summed E-state index contributed by atoms with van der Waals surface area (Å²) in [5.41, 5.74) is 1.03. The predicted molar refractivity (Wildman–Crippen MR) is 72.0 cm³/mol. The minimum absolute atomic E-state index is 0.0261. The monoisotopic (exact) mass is 250 g/mol. The van der Waals surface area contributed by atoms with E-state index in [0.29, 0.717) is 0 Å². The van der Waals surface area contributed by atoms with Crippen LogP contribution in [-0.4, -0.2) is 17.2 Å². The summed E-state index contributed by atoms with van der Waals surface area (Å²) in [7, 11) is 0. The summed E-state index contributed by atoms with van der Waals surface area (Å²) in [6, 6.07) is 7.75. The van der Waals surface area contributed by atoms with Crippen molar-refractivity contribution in [1.29, 1.82) is 0 Å². The van der Waals surface area contributed by atoms with Gasteiger partial charge < -0.3 is 9.84 Å². The Morgan fingerprint density at radius 2 is 2.00 bits per heavy atom. The van der Waals surface area contributed by atoms with Gasteiger partial charge in [-0.15, -0.1) is 0 Å². The maximum Gasteiger partial charge on any atom is 0.306 e. The highest BCUT2D eigenvalue weighted by Crippen LogP contribution is 2.30. The number of hydrogen-bond acceptors (Lipinski definition) is 2. The second-order valence-electron chi connectivity index (χ2n) is 4.88. The van der Waals surface area contributed by atoms with Gasteiger partial charge in [0.25, 0.3) is 0 Å². The highest BCUT2D eigenvalue weighted by atomic mass is 16.5. The van der Waals surface area contributed by atoms with E-state index in [2.05, 4.69) is 0 Å². The molecule has 0 radical (unpaired) electrons. The van der Waals surface area contributed by atoms with Crippen molar-refractivity contribution >= 4 is 5.97 Å². The number of carbonyl (C=O) groups is 1. The molecule has 100 valence electrons. The van der Waals surface area contributed by atoms with Crippen molar-refractivity contribution in [3.8, 4) is 5.75 Å². The molecule has 0 aromatic heterocycles. The zero-order valence-corrected chi connectivity index (χ0v) is 11.5. The second kappa shape index (κ2) is 6.43. The van der Waals surface area contributed by atoms with Gasteiger partial charge in [-0.2, -0.15) is 0 Å². The third-order valence-corrected chi connectivity index (χ3v) is 3.09. The van der Waals surface area contributed by atoms with Gasteiger partial charge in [0.1, 0.15) is 5.75 Å². The average Bonchev–Trinajstić information content (AvgIpc) is 2.29. The van der Waals surface area contributed by atoms with Crippen molar-refractivity contribution in [2.75, 3.05) is 0 Å². The Morgan fingerprint density at radius 1 is 1.33 bits per heavy atom. The van der Waals surface area contributed by atoms with Crippen LogP contribution in [0.1, 0.15) is 45.6 Å². The number of carboxylic acids is 1. The van der Waals surface area contributed by atoms with Crippen LogP contribution in [0.25, 0.3) is 0 Å². The Morgan fingerprint density at radius 3 is 2.50 bits per heavy atom. The SMILES string of the molecule is CC[C@@H](c1cccc(OC(C)C)c1)[C@@H](C)C(=O)O. The zero-order chi connectivity index (χ0) is 13.7. The standard InChI is InChI=1S/C15H22O3/c1-5-14(11(4)15(16)17)12-7-6-8-13(9-12)18-10(2)3/h6-11,14H,5H2,1-4H3,(H,16,17)/t11-,14-/m1/s1. The van der Waals surface area contributed by atoms with Crippen molar-refractivity contribution in [2.24, 2.45) is 5.92 Å². The van der Waals surface area contributed by atoms with Crippen molar-refractivity contribution in [3.63, 3.8) is 0 Å². The van der Waals surface area contributed by atoms with E-state index in [1.807, 2.05) is 45.0 Å². The zero-order valence-electron chi connectivity index (χ0n) is 11.5. The number of aliphatic carboxylic acids is 1. The van der Waals surface area contributed by atoms with Crippen molar-refractivity contribution < 1.29 is 14.6 Å². The van der Waals surface area contributed by atoms with Crippen molar-refractivity contribution in [3.05, 3.63) is 29.8 Å². The number of ether oxygens (including phenoxy) is 1. The molecule has 3 nitrogen and oxygen atoms in total. The fraction of sp³-hybridized carbons (Fsp3) is 0.533. The highest BCUT2D eigenvalue weighted by Gasteiger charge is 2.23. The quantitative estimate of drug-likeness (QED) is 0.837. The number of hydrogen-bond donors (Lipinski definition) is 1. The minimum Gasteiger partial charge on any atom is -0.491 e. The molecule has 1 N–H and O–H groups in total. The van der Waals surface area contributed by atoms with Crippen LogP contribution in [0.5, 0.6) is 5.75 Å². The average molecular weight is 250 g/mol. The summed E-state index contributed by atoms with van der Waals surface area (Å²) in [5.74, 6) is -0.307. The molecule has 0 heterocycles. The van der Waals surface area contributed by atoms with Crippen LogP contribution in [0.2, 0.25) is 0 Å². The van der Waals surface area contributed by atoms with E-state index in [4.69, 9.17) is 9.84 Å². The Kier molecular flexibility index (Phi) is 5.20. The largest absolute Gasteiger partial charge is 0.491 e.